The zero-order valence-electron chi connectivity index (χ0n) is 15.9. The molecule has 0 atom stereocenters. The van der Waals surface area contributed by atoms with Crippen LogP contribution in [0.4, 0.5) is 4.39 Å². The Morgan fingerprint density at radius 1 is 1.21 bits per heavy atom. The minimum absolute atomic E-state index is 0.0299. The zero-order valence-corrected chi connectivity index (χ0v) is 17.5. The highest BCUT2D eigenvalue weighted by Crippen LogP contribution is 2.40. The zero-order chi connectivity index (χ0) is 20.7. The highest BCUT2D eigenvalue weighted by molar-refractivity contribution is 9.10. The molecule has 148 valence electrons. The van der Waals surface area contributed by atoms with Gasteiger partial charge in [-0.2, -0.15) is 0 Å². The lowest BCUT2D eigenvalue weighted by Crippen LogP contribution is -2.41. The van der Waals surface area contributed by atoms with Crippen molar-refractivity contribution in [1.82, 2.24) is 15.0 Å². The van der Waals surface area contributed by atoms with E-state index in [0.717, 1.165) is 4.47 Å². The Bertz CT molecular complexity index is 911. The maximum Gasteiger partial charge on any atom is 0.525 e. The number of halogens is 2. The Balaban J connectivity index is 2.01. The van der Waals surface area contributed by atoms with Crippen LogP contribution in [0, 0.1) is 0 Å². The van der Waals surface area contributed by atoms with Gasteiger partial charge in [-0.05, 0) is 45.4 Å². The van der Waals surface area contributed by atoms with E-state index in [9.17, 15) is 4.79 Å². The number of nitrogens with zero attached hydrogens (tertiary/aromatic N) is 3. The predicted molar refractivity (Wildman–Crippen MR) is 105 cm³/mol. The molecule has 0 bridgehead atoms. The van der Waals surface area contributed by atoms with Crippen LogP contribution in [-0.2, 0) is 15.9 Å². The smallest absolute Gasteiger partial charge is 0.476 e. The lowest BCUT2D eigenvalue weighted by molar-refractivity contribution is 0.00578. The molecule has 1 aliphatic rings. The number of rotatable bonds is 5. The summed E-state index contributed by atoms with van der Waals surface area (Å²) in [5.41, 5.74) is -1.32. The number of aromatic carboxylic acids is 1. The third-order valence-corrected chi connectivity index (χ3v) is 5.55. The van der Waals surface area contributed by atoms with Gasteiger partial charge in [-0.1, -0.05) is 33.3 Å². The van der Waals surface area contributed by atoms with E-state index in [1.807, 2.05) is 27.7 Å². The Labute approximate surface area is 170 Å². The largest absolute Gasteiger partial charge is 0.525 e. The second-order valence-corrected chi connectivity index (χ2v) is 8.44. The average Bonchev–Trinajstić information content (AvgIpc) is 3.15. The molecule has 3 rings (SSSR count). The summed E-state index contributed by atoms with van der Waals surface area (Å²) < 4.78 is 29.3. The van der Waals surface area contributed by atoms with Gasteiger partial charge in [-0.15, -0.1) is 5.10 Å². The first-order valence-corrected chi connectivity index (χ1v) is 9.43. The Hall–Kier alpha value is -2.04. The van der Waals surface area contributed by atoms with Crippen LogP contribution in [0.2, 0.25) is 0 Å². The van der Waals surface area contributed by atoms with Crippen LogP contribution in [0.15, 0.2) is 40.7 Å². The summed E-state index contributed by atoms with van der Waals surface area (Å²) in [4.78, 5) is 11.0. The van der Waals surface area contributed by atoms with E-state index in [0.29, 0.717) is 5.56 Å². The number of allylic oxidation sites excluding steroid dienone is 1. The van der Waals surface area contributed by atoms with Gasteiger partial charge in [0.15, 0.2) is 5.69 Å². The summed E-state index contributed by atoms with van der Waals surface area (Å²) in [5.74, 6) is -1.20. The van der Waals surface area contributed by atoms with Crippen molar-refractivity contribution < 1.29 is 23.6 Å². The lowest BCUT2D eigenvalue weighted by atomic mass is 9.82. The maximum absolute atomic E-state index is 15.5. The molecule has 10 heteroatoms. The standard InChI is InChI=1S/C18H20BBrFN3O4/c1-17(2)18(3,4)28-19(27-17)15(21)13(11-5-7-12(20)8-6-11)9-24-10-14(16(25)26)22-23-24/h5-8,10H,9H2,1-4H3,(H,25,26). The molecule has 2 heterocycles. The highest BCUT2D eigenvalue weighted by atomic mass is 79.9. The normalized spacial score (nSPS) is 18.9. The predicted octanol–water partition coefficient (Wildman–Crippen LogP) is 3.75. The van der Waals surface area contributed by atoms with Crippen LogP contribution in [0.25, 0.3) is 5.57 Å². The van der Waals surface area contributed by atoms with E-state index in [2.05, 4.69) is 26.2 Å². The first kappa shape index (κ1) is 20.7. The van der Waals surface area contributed by atoms with Crippen molar-refractivity contribution in [2.45, 2.75) is 45.4 Å². The first-order chi connectivity index (χ1) is 13.0. The fourth-order valence-electron chi connectivity index (χ4n) is 2.68. The summed E-state index contributed by atoms with van der Waals surface area (Å²) in [6, 6.07) is 7.08. The van der Waals surface area contributed by atoms with Gasteiger partial charge in [0.25, 0.3) is 0 Å². The Morgan fingerprint density at radius 2 is 1.79 bits per heavy atom. The van der Waals surface area contributed by atoms with E-state index in [1.54, 1.807) is 24.3 Å². The van der Waals surface area contributed by atoms with E-state index in [1.165, 1.54) is 10.9 Å². The number of benzene rings is 1. The second-order valence-electron chi connectivity index (χ2n) is 7.53. The third kappa shape index (κ3) is 4.04. The maximum atomic E-state index is 15.5. The number of aromatic nitrogens is 3. The van der Waals surface area contributed by atoms with Crippen molar-refractivity contribution in [1.29, 1.82) is 0 Å². The molecule has 28 heavy (non-hydrogen) atoms. The molecule has 0 spiro atoms. The molecule has 2 aromatic rings. The van der Waals surface area contributed by atoms with Crippen LogP contribution in [0.1, 0.15) is 43.7 Å². The molecule has 7 nitrogen and oxygen atoms in total. The summed E-state index contributed by atoms with van der Waals surface area (Å²) in [6.07, 6.45) is 1.25. The van der Waals surface area contributed by atoms with Crippen molar-refractivity contribution in [2.75, 3.05) is 0 Å². The topological polar surface area (TPSA) is 86.5 Å². The second kappa shape index (κ2) is 7.42. The van der Waals surface area contributed by atoms with Crippen LogP contribution >= 0.6 is 15.9 Å². The van der Waals surface area contributed by atoms with Gasteiger partial charge < -0.3 is 14.4 Å². The fraction of sp³-hybridized carbons (Fsp3) is 0.389. The number of hydrogen-bond acceptors (Lipinski definition) is 5. The van der Waals surface area contributed by atoms with E-state index < -0.39 is 30.0 Å². The molecule has 1 N–H and O–H groups in total. The fourth-order valence-corrected chi connectivity index (χ4v) is 2.94. The molecule has 1 aromatic heterocycles. The van der Waals surface area contributed by atoms with Gasteiger partial charge in [0.2, 0.25) is 0 Å². The summed E-state index contributed by atoms with van der Waals surface area (Å²) in [5, 5.41) is 16.4. The number of carboxylic acid groups (broad SMARTS) is 1. The van der Waals surface area contributed by atoms with Crippen molar-refractivity contribution in [3.05, 3.63) is 51.9 Å². The average molecular weight is 452 g/mol. The van der Waals surface area contributed by atoms with Crippen molar-refractivity contribution in [3.63, 3.8) is 0 Å². The van der Waals surface area contributed by atoms with Gasteiger partial charge in [0.05, 0.1) is 23.9 Å². The molecule has 1 fully saturated rings. The summed E-state index contributed by atoms with van der Waals surface area (Å²) >= 11 is 3.36. The monoisotopic (exact) mass is 451 g/mol. The summed E-state index contributed by atoms with van der Waals surface area (Å²) in [7, 11) is -1.17. The van der Waals surface area contributed by atoms with Crippen molar-refractivity contribution >= 4 is 34.6 Å². The van der Waals surface area contributed by atoms with Crippen LogP contribution in [0.3, 0.4) is 0 Å². The van der Waals surface area contributed by atoms with Crippen LogP contribution in [-0.4, -0.2) is 44.4 Å². The highest BCUT2D eigenvalue weighted by Gasteiger charge is 2.53. The Morgan fingerprint density at radius 3 is 2.29 bits per heavy atom. The molecule has 1 saturated heterocycles. The van der Waals surface area contributed by atoms with Gasteiger partial charge in [0, 0.05) is 10.0 Å². The van der Waals surface area contributed by atoms with Crippen LogP contribution in [0.5, 0.6) is 0 Å². The first-order valence-electron chi connectivity index (χ1n) is 8.64. The molecule has 0 saturated carbocycles. The Kier molecular flexibility index (Phi) is 5.48. The molecule has 1 aromatic carbocycles. The molecular formula is C18H20BBrFN3O4. The molecule has 0 amide bonds. The number of hydrogen-bond donors (Lipinski definition) is 1. The number of carboxylic acids is 1. The lowest BCUT2D eigenvalue weighted by Gasteiger charge is -2.32. The van der Waals surface area contributed by atoms with Gasteiger partial charge in [-0.3, -0.25) is 0 Å². The third-order valence-electron chi connectivity index (χ3n) is 5.02. The van der Waals surface area contributed by atoms with Crippen molar-refractivity contribution in [3.8, 4) is 0 Å². The molecule has 0 aliphatic carbocycles. The van der Waals surface area contributed by atoms with Crippen molar-refractivity contribution in [2.24, 2.45) is 0 Å². The van der Waals surface area contributed by atoms with Gasteiger partial charge in [-0.25, -0.2) is 13.9 Å². The van der Waals surface area contributed by atoms with Gasteiger partial charge in [0.1, 0.15) is 5.73 Å². The molecule has 0 radical (unpaired) electrons. The number of carbonyl (C=O) groups is 1. The van der Waals surface area contributed by atoms with Gasteiger partial charge >= 0.3 is 13.1 Å². The van der Waals surface area contributed by atoms with E-state index >= 15 is 4.39 Å². The summed E-state index contributed by atoms with van der Waals surface area (Å²) in [6.45, 7) is 7.34. The van der Waals surface area contributed by atoms with E-state index in [-0.39, 0.29) is 17.8 Å². The van der Waals surface area contributed by atoms with E-state index in [4.69, 9.17) is 14.4 Å². The molecule has 1 aliphatic heterocycles. The van der Waals surface area contributed by atoms with Crippen LogP contribution < -0.4 is 0 Å². The quantitative estimate of drug-likeness (QED) is 0.696. The molecular weight excluding hydrogens is 432 g/mol. The minimum atomic E-state index is -1.20. The SMILES string of the molecule is CC1(C)OB(C(F)=C(Cn2cc(C(=O)O)nn2)c2ccc(Br)cc2)OC1(C)C. The molecule has 0 unspecified atom stereocenters. The minimum Gasteiger partial charge on any atom is -0.476 e.